The molecule has 84 valence electrons. The first kappa shape index (κ1) is 12.6. The van der Waals surface area contributed by atoms with Gasteiger partial charge in [-0.15, -0.1) is 0 Å². The SMILES string of the molecule is Cc1c(Br)cccc1NCCCC(C)C. The number of benzene rings is 1. The van der Waals surface area contributed by atoms with Crippen molar-refractivity contribution in [1.29, 1.82) is 0 Å². The summed E-state index contributed by atoms with van der Waals surface area (Å²) in [6.07, 6.45) is 2.53. The molecule has 0 aliphatic heterocycles. The largest absolute Gasteiger partial charge is 0.385 e. The van der Waals surface area contributed by atoms with E-state index in [9.17, 15) is 0 Å². The molecule has 1 N–H and O–H groups in total. The smallest absolute Gasteiger partial charge is 0.0381 e. The minimum Gasteiger partial charge on any atom is -0.385 e. The second kappa shape index (κ2) is 6.16. The topological polar surface area (TPSA) is 12.0 Å². The Morgan fingerprint density at radius 2 is 2.07 bits per heavy atom. The molecule has 2 heteroatoms. The van der Waals surface area contributed by atoms with Gasteiger partial charge in [-0.05, 0) is 43.4 Å². The van der Waals surface area contributed by atoms with Crippen molar-refractivity contribution in [3.05, 3.63) is 28.2 Å². The molecule has 1 aromatic carbocycles. The molecule has 15 heavy (non-hydrogen) atoms. The van der Waals surface area contributed by atoms with Gasteiger partial charge in [0.05, 0.1) is 0 Å². The molecule has 1 aromatic rings. The Morgan fingerprint density at radius 1 is 1.33 bits per heavy atom. The lowest BCUT2D eigenvalue weighted by atomic mass is 10.1. The molecule has 0 saturated heterocycles. The molecule has 0 heterocycles. The highest BCUT2D eigenvalue weighted by molar-refractivity contribution is 9.10. The van der Waals surface area contributed by atoms with Crippen molar-refractivity contribution in [3.8, 4) is 0 Å². The third-order valence-electron chi connectivity index (χ3n) is 2.54. The van der Waals surface area contributed by atoms with E-state index in [0.29, 0.717) is 0 Å². The molecule has 0 amide bonds. The molecular formula is C13H20BrN. The summed E-state index contributed by atoms with van der Waals surface area (Å²) in [5, 5.41) is 3.48. The predicted molar refractivity (Wildman–Crippen MR) is 71.4 cm³/mol. The van der Waals surface area contributed by atoms with Crippen molar-refractivity contribution in [3.63, 3.8) is 0 Å². The Kier molecular flexibility index (Phi) is 5.16. The van der Waals surface area contributed by atoms with Gasteiger partial charge in [-0.3, -0.25) is 0 Å². The van der Waals surface area contributed by atoms with Crippen molar-refractivity contribution in [2.75, 3.05) is 11.9 Å². The van der Waals surface area contributed by atoms with Crippen LogP contribution in [0.3, 0.4) is 0 Å². The van der Waals surface area contributed by atoms with Gasteiger partial charge in [0.25, 0.3) is 0 Å². The van der Waals surface area contributed by atoms with Gasteiger partial charge in [0.2, 0.25) is 0 Å². The normalized spacial score (nSPS) is 10.7. The minimum absolute atomic E-state index is 0.801. The van der Waals surface area contributed by atoms with Crippen LogP contribution in [0.4, 0.5) is 5.69 Å². The van der Waals surface area contributed by atoms with Crippen LogP contribution in [0.15, 0.2) is 22.7 Å². The fourth-order valence-corrected chi connectivity index (χ4v) is 1.90. The zero-order chi connectivity index (χ0) is 11.3. The molecule has 0 aromatic heterocycles. The summed E-state index contributed by atoms with van der Waals surface area (Å²) in [4.78, 5) is 0. The third kappa shape index (κ3) is 4.25. The molecule has 0 bridgehead atoms. The summed E-state index contributed by atoms with van der Waals surface area (Å²) >= 11 is 3.54. The highest BCUT2D eigenvalue weighted by Crippen LogP contribution is 2.23. The number of rotatable bonds is 5. The van der Waals surface area contributed by atoms with Gasteiger partial charge in [0.15, 0.2) is 0 Å². The lowest BCUT2D eigenvalue weighted by Crippen LogP contribution is -2.04. The van der Waals surface area contributed by atoms with Crippen LogP contribution in [0.2, 0.25) is 0 Å². The molecule has 0 fully saturated rings. The average Bonchev–Trinajstić information content (AvgIpc) is 2.18. The van der Waals surface area contributed by atoms with E-state index in [1.54, 1.807) is 0 Å². The van der Waals surface area contributed by atoms with Gasteiger partial charge in [-0.2, -0.15) is 0 Å². The summed E-state index contributed by atoms with van der Waals surface area (Å²) in [5.74, 6) is 0.801. The lowest BCUT2D eigenvalue weighted by Gasteiger charge is -2.11. The van der Waals surface area contributed by atoms with Crippen molar-refractivity contribution in [1.82, 2.24) is 0 Å². The van der Waals surface area contributed by atoms with Gasteiger partial charge in [-0.1, -0.05) is 35.8 Å². The van der Waals surface area contributed by atoms with Gasteiger partial charge in [0, 0.05) is 16.7 Å². The Balaban J connectivity index is 2.41. The Hall–Kier alpha value is -0.500. The maximum absolute atomic E-state index is 3.54. The Bertz CT molecular complexity index is 307. The second-order valence-electron chi connectivity index (χ2n) is 4.38. The third-order valence-corrected chi connectivity index (χ3v) is 3.40. The van der Waals surface area contributed by atoms with Crippen molar-refractivity contribution in [2.45, 2.75) is 33.6 Å². The maximum atomic E-state index is 3.54. The first-order valence-corrected chi connectivity index (χ1v) is 6.39. The van der Waals surface area contributed by atoms with E-state index in [1.165, 1.54) is 28.6 Å². The quantitative estimate of drug-likeness (QED) is 0.771. The van der Waals surface area contributed by atoms with Crippen LogP contribution in [-0.4, -0.2) is 6.54 Å². The van der Waals surface area contributed by atoms with Crippen LogP contribution in [0.1, 0.15) is 32.3 Å². The van der Waals surface area contributed by atoms with Crippen LogP contribution < -0.4 is 5.32 Å². The molecule has 1 nitrogen and oxygen atoms in total. The average molecular weight is 270 g/mol. The van der Waals surface area contributed by atoms with E-state index in [2.05, 4.69) is 60.2 Å². The number of anilines is 1. The molecule has 0 unspecified atom stereocenters. The number of nitrogens with one attached hydrogen (secondary N) is 1. The minimum atomic E-state index is 0.801. The first-order chi connectivity index (χ1) is 7.11. The van der Waals surface area contributed by atoms with E-state index < -0.39 is 0 Å². The molecule has 0 aliphatic rings. The van der Waals surface area contributed by atoms with Gasteiger partial charge >= 0.3 is 0 Å². The summed E-state index contributed by atoms with van der Waals surface area (Å²) in [6.45, 7) is 7.74. The first-order valence-electron chi connectivity index (χ1n) is 5.60. The standard InChI is InChI=1S/C13H20BrN/c1-10(2)6-5-9-15-13-8-4-7-12(14)11(13)3/h4,7-8,10,15H,5-6,9H2,1-3H3. The van der Waals surface area contributed by atoms with Crippen LogP contribution >= 0.6 is 15.9 Å². The maximum Gasteiger partial charge on any atom is 0.0381 e. The second-order valence-corrected chi connectivity index (χ2v) is 5.23. The number of hydrogen-bond acceptors (Lipinski definition) is 1. The van der Waals surface area contributed by atoms with Crippen molar-refractivity contribution in [2.24, 2.45) is 5.92 Å². The molecule has 0 saturated carbocycles. The fourth-order valence-electron chi connectivity index (χ4n) is 1.53. The van der Waals surface area contributed by atoms with E-state index >= 15 is 0 Å². The van der Waals surface area contributed by atoms with E-state index in [4.69, 9.17) is 0 Å². The highest BCUT2D eigenvalue weighted by Gasteiger charge is 2.00. The van der Waals surface area contributed by atoms with Crippen LogP contribution in [0.25, 0.3) is 0 Å². The van der Waals surface area contributed by atoms with Gasteiger partial charge in [-0.25, -0.2) is 0 Å². The zero-order valence-electron chi connectivity index (χ0n) is 9.81. The van der Waals surface area contributed by atoms with Crippen molar-refractivity contribution >= 4 is 21.6 Å². The molecule has 0 atom stereocenters. The molecular weight excluding hydrogens is 250 g/mol. The predicted octanol–water partition coefficient (Wildman–Crippen LogP) is 4.61. The van der Waals surface area contributed by atoms with Crippen LogP contribution in [0.5, 0.6) is 0 Å². The summed E-state index contributed by atoms with van der Waals surface area (Å²) < 4.78 is 1.18. The molecule has 0 spiro atoms. The van der Waals surface area contributed by atoms with E-state index in [1.807, 2.05) is 0 Å². The molecule has 0 aliphatic carbocycles. The summed E-state index contributed by atoms with van der Waals surface area (Å²) in [7, 11) is 0. The number of hydrogen-bond donors (Lipinski definition) is 1. The fraction of sp³-hybridized carbons (Fsp3) is 0.538. The Labute approximate surface area is 101 Å². The zero-order valence-corrected chi connectivity index (χ0v) is 11.4. The van der Waals surface area contributed by atoms with Crippen LogP contribution in [0, 0.1) is 12.8 Å². The van der Waals surface area contributed by atoms with E-state index in [0.717, 1.165) is 12.5 Å². The summed E-state index contributed by atoms with van der Waals surface area (Å²) in [5.41, 5.74) is 2.54. The van der Waals surface area contributed by atoms with Gasteiger partial charge < -0.3 is 5.32 Å². The van der Waals surface area contributed by atoms with Gasteiger partial charge in [0.1, 0.15) is 0 Å². The molecule has 0 radical (unpaired) electrons. The number of halogens is 1. The highest BCUT2D eigenvalue weighted by atomic mass is 79.9. The summed E-state index contributed by atoms with van der Waals surface area (Å²) in [6, 6.07) is 6.28. The van der Waals surface area contributed by atoms with Crippen molar-refractivity contribution < 1.29 is 0 Å². The lowest BCUT2D eigenvalue weighted by molar-refractivity contribution is 0.567. The monoisotopic (exact) mass is 269 g/mol. The van der Waals surface area contributed by atoms with Crippen LogP contribution in [-0.2, 0) is 0 Å². The Morgan fingerprint density at radius 3 is 2.73 bits per heavy atom. The van der Waals surface area contributed by atoms with E-state index in [-0.39, 0.29) is 0 Å². The molecule has 1 rings (SSSR count).